The lowest BCUT2D eigenvalue weighted by atomic mass is 10.0. The third-order valence-electron chi connectivity index (χ3n) is 2.74. The quantitative estimate of drug-likeness (QED) is 0.768. The van der Waals surface area contributed by atoms with E-state index in [-0.39, 0.29) is 18.6 Å². The molecule has 1 aliphatic rings. The van der Waals surface area contributed by atoms with Crippen molar-refractivity contribution >= 4 is 23.4 Å². The highest BCUT2D eigenvalue weighted by atomic mass is 35.5. The van der Waals surface area contributed by atoms with Crippen molar-refractivity contribution in [3.05, 3.63) is 34.9 Å². The first kappa shape index (κ1) is 12.2. The minimum absolute atomic E-state index is 0.0550. The first-order valence-electron chi connectivity index (χ1n) is 5.06. The average Bonchev–Trinajstić information content (AvgIpc) is 2.75. The van der Waals surface area contributed by atoms with Gasteiger partial charge >= 0.3 is 0 Å². The molecule has 1 aromatic rings. The lowest BCUT2D eigenvalue weighted by Gasteiger charge is -2.24. The van der Waals surface area contributed by atoms with Gasteiger partial charge in [0.1, 0.15) is 0 Å². The molecule has 0 bridgehead atoms. The van der Waals surface area contributed by atoms with Gasteiger partial charge in [0.15, 0.2) is 0 Å². The maximum atomic E-state index is 9.27. The molecule has 1 heterocycles. The number of halogens is 1. The van der Waals surface area contributed by atoms with Crippen LogP contribution in [0.15, 0.2) is 24.3 Å². The summed E-state index contributed by atoms with van der Waals surface area (Å²) in [6.07, 6.45) is 0. The van der Waals surface area contributed by atoms with Crippen LogP contribution in [0.25, 0.3) is 0 Å². The molecular formula is C11H14ClNO2S. The SMILES string of the molecule is OCC1(CO)CS[C@@H](c2ccc(Cl)cc2)N1. The molecule has 1 aliphatic heterocycles. The predicted molar refractivity (Wildman–Crippen MR) is 66.7 cm³/mol. The van der Waals surface area contributed by atoms with Crippen LogP contribution in [-0.2, 0) is 0 Å². The summed E-state index contributed by atoms with van der Waals surface area (Å²) in [5, 5.41) is 22.6. The van der Waals surface area contributed by atoms with Crippen LogP contribution in [0.5, 0.6) is 0 Å². The van der Waals surface area contributed by atoms with Crippen LogP contribution in [-0.4, -0.2) is 34.7 Å². The Morgan fingerprint density at radius 3 is 2.44 bits per heavy atom. The predicted octanol–water partition coefficient (Wildman–Crippen LogP) is 1.40. The van der Waals surface area contributed by atoms with Crippen molar-refractivity contribution in [3.63, 3.8) is 0 Å². The number of thioether (sulfide) groups is 1. The Bertz CT molecular complexity index is 354. The highest BCUT2D eigenvalue weighted by molar-refractivity contribution is 7.99. The molecule has 0 spiro atoms. The lowest BCUT2D eigenvalue weighted by molar-refractivity contribution is 0.112. The van der Waals surface area contributed by atoms with Crippen molar-refractivity contribution in [3.8, 4) is 0 Å². The molecule has 3 N–H and O–H groups in total. The second kappa shape index (κ2) is 4.94. The number of aliphatic hydroxyl groups is 2. The monoisotopic (exact) mass is 259 g/mol. The molecule has 0 radical (unpaired) electrons. The topological polar surface area (TPSA) is 52.5 Å². The smallest absolute Gasteiger partial charge is 0.0795 e. The molecule has 1 aromatic carbocycles. The van der Waals surface area contributed by atoms with Crippen molar-refractivity contribution in [2.24, 2.45) is 0 Å². The fourth-order valence-corrected chi connectivity index (χ4v) is 3.21. The van der Waals surface area contributed by atoms with Crippen molar-refractivity contribution in [2.75, 3.05) is 19.0 Å². The highest BCUT2D eigenvalue weighted by Crippen LogP contribution is 2.37. The van der Waals surface area contributed by atoms with Gasteiger partial charge < -0.3 is 10.2 Å². The van der Waals surface area contributed by atoms with Crippen LogP contribution in [0, 0.1) is 0 Å². The summed E-state index contributed by atoms with van der Waals surface area (Å²) in [5.74, 6) is 0.702. The van der Waals surface area contributed by atoms with Crippen LogP contribution in [0.1, 0.15) is 10.9 Å². The number of rotatable bonds is 3. The standard InChI is InChI=1S/C11H14ClNO2S/c12-9-3-1-8(2-4-9)10-13-11(5-14,6-15)7-16-10/h1-4,10,13-15H,5-7H2/t10-/m0/s1. The van der Waals surface area contributed by atoms with Crippen LogP contribution >= 0.6 is 23.4 Å². The summed E-state index contributed by atoms with van der Waals surface area (Å²) in [7, 11) is 0. The van der Waals surface area contributed by atoms with E-state index in [2.05, 4.69) is 5.32 Å². The number of aliphatic hydroxyl groups excluding tert-OH is 2. The van der Waals surface area contributed by atoms with E-state index < -0.39 is 5.54 Å². The van der Waals surface area contributed by atoms with Crippen molar-refractivity contribution in [1.82, 2.24) is 5.32 Å². The molecule has 16 heavy (non-hydrogen) atoms. The van der Waals surface area contributed by atoms with E-state index in [0.717, 1.165) is 5.56 Å². The summed E-state index contributed by atoms with van der Waals surface area (Å²) in [6, 6.07) is 7.60. The van der Waals surface area contributed by atoms with Crippen LogP contribution < -0.4 is 5.32 Å². The van der Waals surface area contributed by atoms with Gasteiger partial charge in [-0.05, 0) is 17.7 Å². The fourth-order valence-electron chi connectivity index (χ4n) is 1.65. The lowest BCUT2D eigenvalue weighted by Crippen LogP contribution is -2.49. The fraction of sp³-hybridized carbons (Fsp3) is 0.455. The first-order valence-corrected chi connectivity index (χ1v) is 6.48. The summed E-state index contributed by atoms with van der Waals surface area (Å²) in [5.41, 5.74) is 0.549. The molecule has 1 atom stereocenters. The number of hydrogen-bond donors (Lipinski definition) is 3. The Kier molecular flexibility index (Phi) is 3.77. The van der Waals surface area contributed by atoms with Crippen LogP contribution in [0.4, 0.5) is 0 Å². The van der Waals surface area contributed by atoms with Crippen molar-refractivity contribution in [1.29, 1.82) is 0 Å². The van der Waals surface area contributed by atoms with Crippen molar-refractivity contribution in [2.45, 2.75) is 10.9 Å². The molecule has 0 amide bonds. The van der Waals surface area contributed by atoms with Gasteiger partial charge in [-0.15, -0.1) is 11.8 Å². The molecule has 0 saturated carbocycles. The van der Waals surface area contributed by atoms with E-state index >= 15 is 0 Å². The van der Waals surface area contributed by atoms with Gasteiger partial charge in [-0.25, -0.2) is 0 Å². The number of hydrogen-bond acceptors (Lipinski definition) is 4. The minimum Gasteiger partial charge on any atom is -0.394 e. The van der Waals surface area contributed by atoms with Gasteiger partial charge in [0.05, 0.1) is 24.1 Å². The molecule has 0 aliphatic carbocycles. The average molecular weight is 260 g/mol. The van der Waals surface area contributed by atoms with E-state index in [9.17, 15) is 10.2 Å². The first-order chi connectivity index (χ1) is 7.69. The summed E-state index contributed by atoms with van der Waals surface area (Å²) >= 11 is 7.50. The second-order valence-corrected chi connectivity index (χ2v) is 5.51. The van der Waals surface area contributed by atoms with Crippen LogP contribution in [0.3, 0.4) is 0 Å². The van der Waals surface area contributed by atoms with Gasteiger partial charge in [-0.3, -0.25) is 5.32 Å². The van der Waals surface area contributed by atoms with E-state index in [1.165, 1.54) is 0 Å². The Morgan fingerprint density at radius 1 is 1.31 bits per heavy atom. The van der Waals surface area contributed by atoms with Gasteiger partial charge in [0.2, 0.25) is 0 Å². The maximum Gasteiger partial charge on any atom is 0.0795 e. The molecule has 2 rings (SSSR count). The molecule has 0 aromatic heterocycles. The van der Waals surface area contributed by atoms with Crippen LogP contribution in [0.2, 0.25) is 5.02 Å². The zero-order chi connectivity index (χ0) is 11.6. The third-order valence-corrected chi connectivity index (χ3v) is 4.44. The van der Waals surface area contributed by atoms with E-state index in [4.69, 9.17) is 11.6 Å². The maximum absolute atomic E-state index is 9.27. The zero-order valence-electron chi connectivity index (χ0n) is 8.69. The van der Waals surface area contributed by atoms with Gasteiger partial charge in [-0.2, -0.15) is 0 Å². The highest BCUT2D eigenvalue weighted by Gasteiger charge is 2.38. The molecule has 1 saturated heterocycles. The third kappa shape index (κ3) is 2.36. The second-order valence-electron chi connectivity index (χ2n) is 3.98. The molecule has 88 valence electrons. The zero-order valence-corrected chi connectivity index (χ0v) is 10.3. The van der Waals surface area contributed by atoms with Crippen molar-refractivity contribution < 1.29 is 10.2 Å². The summed E-state index contributed by atoms with van der Waals surface area (Å²) in [4.78, 5) is 0. The van der Waals surface area contributed by atoms with E-state index in [0.29, 0.717) is 10.8 Å². The Hall–Kier alpha value is -0.260. The molecule has 0 unspecified atom stereocenters. The molecule has 5 heteroatoms. The number of nitrogens with one attached hydrogen (secondary N) is 1. The molecular weight excluding hydrogens is 246 g/mol. The van der Waals surface area contributed by atoms with Gasteiger partial charge in [0, 0.05) is 10.8 Å². The Balaban J connectivity index is 2.11. The Morgan fingerprint density at radius 2 is 1.94 bits per heavy atom. The largest absolute Gasteiger partial charge is 0.394 e. The summed E-state index contributed by atoms with van der Waals surface area (Å²) < 4.78 is 0. The normalized spacial score (nSPS) is 23.6. The van der Waals surface area contributed by atoms with E-state index in [1.54, 1.807) is 11.8 Å². The van der Waals surface area contributed by atoms with Gasteiger partial charge in [0.25, 0.3) is 0 Å². The minimum atomic E-state index is -0.561. The van der Waals surface area contributed by atoms with Gasteiger partial charge in [-0.1, -0.05) is 23.7 Å². The molecule has 3 nitrogen and oxygen atoms in total. The number of benzene rings is 1. The molecule has 1 fully saturated rings. The Labute approximate surface area is 104 Å². The van der Waals surface area contributed by atoms with E-state index in [1.807, 2.05) is 24.3 Å². The summed E-state index contributed by atoms with van der Waals surface area (Å²) in [6.45, 7) is -0.110.